The molecule has 2 aromatic heterocycles. The zero-order valence-electron chi connectivity index (χ0n) is 13.9. The summed E-state index contributed by atoms with van der Waals surface area (Å²) < 4.78 is 7.32. The Morgan fingerprint density at radius 2 is 1.69 bits per heavy atom. The third-order valence-electron chi connectivity index (χ3n) is 3.94. The summed E-state index contributed by atoms with van der Waals surface area (Å²) in [6.07, 6.45) is 1.92. The minimum atomic E-state index is -0.313. The molecule has 4 aromatic rings. The maximum atomic E-state index is 12.2. The van der Waals surface area contributed by atoms with Gasteiger partial charge in [0, 0.05) is 17.3 Å². The van der Waals surface area contributed by atoms with Crippen molar-refractivity contribution in [1.29, 1.82) is 0 Å². The van der Waals surface area contributed by atoms with Crippen LogP contribution in [0.15, 0.2) is 84.4 Å². The van der Waals surface area contributed by atoms with Gasteiger partial charge in [0.15, 0.2) is 0 Å². The third-order valence-corrected chi connectivity index (χ3v) is 4.79. The molecule has 0 saturated carbocycles. The van der Waals surface area contributed by atoms with Gasteiger partial charge in [-0.25, -0.2) is 9.48 Å². The number of thiophene rings is 1. The van der Waals surface area contributed by atoms with Gasteiger partial charge >= 0.3 is 5.97 Å². The Morgan fingerprint density at radius 3 is 2.38 bits per heavy atom. The number of benzene rings is 2. The fraction of sp³-hybridized carbons (Fsp3) is 0.0476. The lowest BCUT2D eigenvalue weighted by molar-refractivity contribution is 0.0479. The molecule has 0 aliphatic rings. The highest BCUT2D eigenvalue weighted by Crippen LogP contribution is 2.24. The molecular formula is C21H16N2O2S. The van der Waals surface area contributed by atoms with Crippen molar-refractivity contribution in [1.82, 2.24) is 9.78 Å². The van der Waals surface area contributed by atoms with Crippen LogP contribution in [0.25, 0.3) is 16.9 Å². The molecule has 0 bridgehead atoms. The number of hydrogen-bond donors (Lipinski definition) is 0. The average Bonchev–Trinajstić information content (AvgIpc) is 3.38. The zero-order chi connectivity index (χ0) is 17.8. The van der Waals surface area contributed by atoms with Gasteiger partial charge < -0.3 is 4.74 Å². The van der Waals surface area contributed by atoms with E-state index in [0.717, 1.165) is 22.5 Å². The number of carbonyl (C=O) groups excluding carboxylic acids is 1. The summed E-state index contributed by atoms with van der Waals surface area (Å²) in [6, 6.07) is 23.4. The topological polar surface area (TPSA) is 44.1 Å². The summed E-state index contributed by atoms with van der Waals surface area (Å²) in [4.78, 5) is 12.8. The Labute approximate surface area is 155 Å². The number of para-hydroxylation sites is 1. The van der Waals surface area contributed by atoms with Crippen LogP contribution in [0.4, 0.5) is 0 Å². The summed E-state index contributed by atoms with van der Waals surface area (Å²) in [5, 5.41) is 6.58. The molecule has 0 spiro atoms. The minimum Gasteiger partial charge on any atom is -0.456 e. The van der Waals surface area contributed by atoms with Crippen molar-refractivity contribution in [2.24, 2.45) is 0 Å². The van der Waals surface area contributed by atoms with E-state index in [-0.39, 0.29) is 12.6 Å². The van der Waals surface area contributed by atoms with E-state index in [4.69, 9.17) is 9.84 Å². The van der Waals surface area contributed by atoms with Crippen LogP contribution >= 0.6 is 11.3 Å². The fourth-order valence-corrected chi connectivity index (χ4v) is 3.29. The van der Waals surface area contributed by atoms with Crippen LogP contribution in [0.1, 0.15) is 15.2 Å². The summed E-state index contributed by atoms with van der Waals surface area (Å²) in [5.41, 5.74) is 3.63. The van der Waals surface area contributed by atoms with Gasteiger partial charge in [0.2, 0.25) is 0 Å². The first kappa shape index (κ1) is 16.3. The summed E-state index contributed by atoms with van der Waals surface area (Å²) in [5.74, 6) is -0.313. The van der Waals surface area contributed by atoms with Crippen LogP contribution in [-0.4, -0.2) is 15.7 Å². The Balaban J connectivity index is 1.65. The number of carbonyl (C=O) groups is 1. The van der Waals surface area contributed by atoms with E-state index in [2.05, 4.69) is 0 Å². The maximum Gasteiger partial charge on any atom is 0.348 e. The molecule has 0 radical (unpaired) electrons. The lowest BCUT2D eigenvalue weighted by atomic mass is 10.1. The number of esters is 1. The van der Waals surface area contributed by atoms with E-state index in [1.54, 1.807) is 6.07 Å². The van der Waals surface area contributed by atoms with Crippen molar-refractivity contribution in [3.05, 3.63) is 94.8 Å². The van der Waals surface area contributed by atoms with Crippen molar-refractivity contribution < 1.29 is 9.53 Å². The predicted octanol–water partition coefficient (Wildman–Crippen LogP) is 4.96. The van der Waals surface area contributed by atoms with Crippen LogP contribution in [0.3, 0.4) is 0 Å². The highest BCUT2D eigenvalue weighted by molar-refractivity contribution is 7.11. The second kappa shape index (κ2) is 7.37. The van der Waals surface area contributed by atoms with E-state index in [1.165, 1.54) is 11.3 Å². The normalized spacial score (nSPS) is 10.6. The second-order valence-corrected chi connectivity index (χ2v) is 6.65. The number of ether oxygens (including phenoxy) is 1. The molecule has 26 heavy (non-hydrogen) atoms. The first-order chi connectivity index (χ1) is 12.8. The SMILES string of the molecule is O=C(OCc1cn(-c2ccccc2)nc1-c1ccccc1)c1cccs1. The van der Waals surface area contributed by atoms with Gasteiger partial charge in [-0.1, -0.05) is 54.6 Å². The number of nitrogens with zero attached hydrogens (tertiary/aromatic N) is 2. The van der Waals surface area contributed by atoms with Crippen molar-refractivity contribution >= 4 is 17.3 Å². The Morgan fingerprint density at radius 1 is 0.962 bits per heavy atom. The van der Waals surface area contributed by atoms with Crippen LogP contribution in [0.2, 0.25) is 0 Å². The smallest absolute Gasteiger partial charge is 0.348 e. The first-order valence-corrected chi connectivity index (χ1v) is 9.09. The average molecular weight is 360 g/mol. The molecule has 0 saturated heterocycles. The zero-order valence-corrected chi connectivity index (χ0v) is 14.7. The molecule has 2 aromatic carbocycles. The van der Waals surface area contributed by atoms with Crippen molar-refractivity contribution in [3.63, 3.8) is 0 Å². The van der Waals surface area contributed by atoms with E-state index >= 15 is 0 Å². The molecule has 4 rings (SSSR count). The molecule has 0 amide bonds. The van der Waals surface area contributed by atoms with Gasteiger partial charge in [-0.2, -0.15) is 5.10 Å². The minimum absolute atomic E-state index is 0.174. The van der Waals surface area contributed by atoms with Gasteiger partial charge in [0.1, 0.15) is 11.5 Å². The van der Waals surface area contributed by atoms with Crippen molar-refractivity contribution in [2.45, 2.75) is 6.61 Å². The largest absolute Gasteiger partial charge is 0.456 e. The van der Waals surface area contributed by atoms with Crippen molar-refractivity contribution in [2.75, 3.05) is 0 Å². The number of rotatable bonds is 5. The highest BCUT2D eigenvalue weighted by Gasteiger charge is 2.15. The summed E-state index contributed by atoms with van der Waals surface area (Å²) in [7, 11) is 0. The molecule has 0 fully saturated rings. The molecule has 2 heterocycles. The van der Waals surface area contributed by atoms with Crippen LogP contribution in [0.5, 0.6) is 0 Å². The van der Waals surface area contributed by atoms with Gasteiger partial charge in [-0.3, -0.25) is 0 Å². The lowest BCUT2D eigenvalue weighted by Gasteiger charge is -2.04. The van der Waals surface area contributed by atoms with Gasteiger partial charge in [-0.05, 0) is 23.6 Å². The first-order valence-electron chi connectivity index (χ1n) is 8.21. The van der Waals surface area contributed by atoms with Crippen LogP contribution in [-0.2, 0) is 11.3 Å². The number of hydrogen-bond acceptors (Lipinski definition) is 4. The van der Waals surface area contributed by atoms with Crippen LogP contribution < -0.4 is 0 Å². The van der Waals surface area contributed by atoms with E-state index in [1.807, 2.05) is 83.0 Å². The molecule has 0 unspecified atom stereocenters. The molecule has 128 valence electrons. The maximum absolute atomic E-state index is 12.2. The van der Waals surface area contributed by atoms with E-state index < -0.39 is 0 Å². The Hall–Kier alpha value is -3.18. The van der Waals surface area contributed by atoms with Gasteiger partial charge in [0.25, 0.3) is 0 Å². The molecule has 4 nitrogen and oxygen atoms in total. The molecule has 0 N–H and O–H groups in total. The fourth-order valence-electron chi connectivity index (χ4n) is 2.68. The van der Waals surface area contributed by atoms with E-state index in [0.29, 0.717) is 4.88 Å². The molecular weight excluding hydrogens is 344 g/mol. The molecule has 0 aliphatic heterocycles. The van der Waals surface area contributed by atoms with Crippen molar-refractivity contribution in [3.8, 4) is 16.9 Å². The monoisotopic (exact) mass is 360 g/mol. The van der Waals surface area contributed by atoms with Gasteiger partial charge in [-0.15, -0.1) is 11.3 Å². The van der Waals surface area contributed by atoms with Gasteiger partial charge in [0.05, 0.1) is 11.4 Å². The number of aromatic nitrogens is 2. The summed E-state index contributed by atoms with van der Waals surface area (Å²) in [6.45, 7) is 0.174. The quantitative estimate of drug-likeness (QED) is 0.473. The predicted molar refractivity (Wildman–Crippen MR) is 102 cm³/mol. The summed E-state index contributed by atoms with van der Waals surface area (Å²) >= 11 is 1.37. The molecule has 0 atom stereocenters. The third kappa shape index (κ3) is 3.43. The molecule has 5 heteroatoms. The van der Waals surface area contributed by atoms with Crippen LogP contribution in [0, 0.1) is 0 Å². The van der Waals surface area contributed by atoms with E-state index in [9.17, 15) is 4.79 Å². The Kier molecular flexibility index (Phi) is 4.62. The highest BCUT2D eigenvalue weighted by atomic mass is 32.1. The molecule has 0 aliphatic carbocycles. The Bertz CT molecular complexity index is 993. The lowest BCUT2D eigenvalue weighted by Crippen LogP contribution is -2.03. The second-order valence-electron chi connectivity index (χ2n) is 5.70. The standard InChI is InChI=1S/C21H16N2O2S/c24-21(19-12-7-13-26-19)25-15-17-14-23(18-10-5-2-6-11-18)22-20(17)16-8-3-1-4-9-16/h1-14H,15H2.